The van der Waals surface area contributed by atoms with Crippen molar-refractivity contribution in [3.8, 4) is 17.1 Å². The minimum absolute atomic E-state index is 0.0600. The van der Waals surface area contributed by atoms with Gasteiger partial charge in [0.25, 0.3) is 5.56 Å². The number of aliphatic hydroxyl groups is 2. The quantitative estimate of drug-likeness (QED) is 0.384. The molecule has 2 aromatic heterocycles. The summed E-state index contributed by atoms with van der Waals surface area (Å²) in [6.45, 7) is 4.33. The van der Waals surface area contributed by atoms with E-state index in [1.807, 2.05) is 13.8 Å². The molecule has 3 N–H and O–H groups in total. The summed E-state index contributed by atoms with van der Waals surface area (Å²) in [4.78, 5) is 20.4. The Morgan fingerprint density at radius 2 is 1.97 bits per heavy atom. The molecule has 196 valence electrons. The maximum Gasteiger partial charge on any atom is 0.299 e. The topological polar surface area (TPSA) is 151 Å². The van der Waals surface area contributed by atoms with Gasteiger partial charge < -0.3 is 19.9 Å². The molecule has 4 rings (SSSR count). The molecule has 1 aliphatic rings. The van der Waals surface area contributed by atoms with Crippen molar-refractivity contribution in [2.24, 2.45) is 13.0 Å². The van der Waals surface area contributed by atoms with E-state index in [1.54, 1.807) is 13.1 Å². The molecule has 0 bridgehead atoms. The van der Waals surface area contributed by atoms with Crippen LogP contribution in [0.4, 0.5) is 0 Å². The van der Waals surface area contributed by atoms with Gasteiger partial charge in [0.1, 0.15) is 11.6 Å². The normalized spacial score (nSPS) is 16.5. The number of piperidine rings is 1. The molecule has 11 nitrogen and oxygen atoms in total. The van der Waals surface area contributed by atoms with Crippen molar-refractivity contribution >= 4 is 21.1 Å². The van der Waals surface area contributed by atoms with Crippen molar-refractivity contribution in [3.63, 3.8) is 0 Å². The van der Waals surface area contributed by atoms with Crippen molar-refractivity contribution in [2.45, 2.75) is 50.5 Å². The molecule has 1 saturated heterocycles. The molecule has 0 unspecified atom stereocenters. The van der Waals surface area contributed by atoms with Crippen LogP contribution in [0.5, 0.6) is 5.75 Å². The van der Waals surface area contributed by atoms with E-state index in [1.165, 1.54) is 21.1 Å². The van der Waals surface area contributed by atoms with Crippen LogP contribution < -0.4 is 10.3 Å². The fourth-order valence-corrected chi connectivity index (χ4v) is 6.23. The van der Waals surface area contributed by atoms with Gasteiger partial charge in [-0.3, -0.25) is 9.48 Å². The summed E-state index contributed by atoms with van der Waals surface area (Å²) >= 11 is 0. The van der Waals surface area contributed by atoms with Crippen molar-refractivity contribution in [1.29, 1.82) is 0 Å². The van der Waals surface area contributed by atoms with E-state index in [2.05, 4.69) is 15.1 Å². The van der Waals surface area contributed by atoms with Crippen LogP contribution in [0.15, 0.2) is 27.9 Å². The van der Waals surface area contributed by atoms with Gasteiger partial charge in [-0.1, -0.05) is 13.3 Å². The smallest absolute Gasteiger partial charge is 0.299 e. The molecule has 0 spiro atoms. The number of hydrogen-bond acceptors (Lipinski definition) is 8. The highest BCUT2D eigenvalue weighted by Gasteiger charge is 2.32. The minimum Gasteiger partial charge on any atom is -0.493 e. The van der Waals surface area contributed by atoms with Gasteiger partial charge in [0, 0.05) is 20.1 Å². The summed E-state index contributed by atoms with van der Waals surface area (Å²) in [5.74, 6) is 0.475. The Balaban J connectivity index is 1.76. The zero-order chi connectivity index (χ0) is 26.0. The fourth-order valence-electron chi connectivity index (χ4n) is 4.73. The van der Waals surface area contributed by atoms with Crippen LogP contribution in [0.2, 0.25) is 0 Å². The standard InChI is InChI=1S/C24H33N5O6S/c1-4-6-18-21-22(28(3)27-18)24(32)26-23(25-21)17-13-16(7-8-20(17)35-5-2)36(33,34)29-11-9-15(10-12-29)19(31)14-30/h7-8,13,15,19,30-31H,4-6,9-12,14H2,1-3H3,(H,25,26,32)/t19-/m1/s1. The van der Waals surface area contributed by atoms with Crippen LogP contribution in [0.3, 0.4) is 0 Å². The number of ether oxygens (including phenoxy) is 1. The number of hydrogen-bond donors (Lipinski definition) is 3. The van der Waals surface area contributed by atoms with E-state index in [9.17, 15) is 23.4 Å². The lowest BCUT2D eigenvalue weighted by atomic mass is 9.93. The molecule has 0 aliphatic carbocycles. The second-order valence-electron chi connectivity index (χ2n) is 9.02. The number of benzene rings is 1. The SMILES string of the molecule is CCCc1nn(C)c2c(=O)nc(-c3cc(S(=O)(=O)N4CCC([C@H](O)CO)CC4)ccc3OCC)[nH]c12. The third-order valence-electron chi connectivity index (χ3n) is 6.64. The highest BCUT2D eigenvalue weighted by atomic mass is 32.2. The number of nitrogens with zero attached hydrogens (tertiary/aromatic N) is 4. The van der Waals surface area contributed by atoms with Crippen LogP contribution >= 0.6 is 0 Å². The van der Waals surface area contributed by atoms with E-state index in [-0.39, 0.29) is 36.3 Å². The monoisotopic (exact) mass is 519 g/mol. The van der Waals surface area contributed by atoms with Crippen LogP contribution in [-0.4, -0.2) is 75.1 Å². The van der Waals surface area contributed by atoms with Gasteiger partial charge in [-0.15, -0.1) is 0 Å². The minimum atomic E-state index is -3.85. The Bertz CT molecular complexity index is 1390. The summed E-state index contributed by atoms with van der Waals surface area (Å²) in [6, 6.07) is 4.55. The Kier molecular flexibility index (Phi) is 7.79. The molecular formula is C24H33N5O6S. The summed E-state index contributed by atoms with van der Waals surface area (Å²) in [6.07, 6.45) is 1.57. The number of rotatable bonds is 9. The van der Waals surface area contributed by atoms with Crippen LogP contribution in [0, 0.1) is 5.92 Å². The first kappa shape index (κ1) is 26.3. The lowest BCUT2D eigenvalue weighted by Gasteiger charge is -2.33. The van der Waals surface area contributed by atoms with Gasteiger partial charge >= 0.3 is 0 Å². The maximum atomic E-state index is 13.5. The third kappa shape index (κ3) is 4.90. The summed E-state index contributed by atoms with van der Waals surface area (Å²) in [7, 11) is -2.15. The number of sulfonamides is 1. The molecule has 1 atom stereocenters. The molecule has 0 radical (unpaired) electrons. The predicted octanol–water partition coefficient (Wildman–Crippen LogP) is 1.43. The molecule has 1 fully saturated rings. The molecule has 12 heteroatoms. The number of fused-ring (bicyclic) bond motifs is 1. The molecule has 3 aromatic rings. The zero-order valence-electron chi connectivity index (χ0n) is 20.8. The molecular weight excluding hydrogens is 486 g/mol. The van der Waals surface area contributed by atoms with Crippen molar-refractivity contribution < 1.29 is 23.4 Å². The Morgan fingerprint density at radius 3 is 2.61 bits per heavy atom. The van der Waals surface area contributed by atoms with Crippen LogP contribution in [-0.2, 0) is 23.5 Å². The van der Waals surface area contributed by atoms with Gasteiger partial charge in [-0.25, -0.2) is 8.42 Å². The van der Waals surface area contributed by atoms with E-state index in [4.69, 9.17) is 4.74 Å². The van der Waals surface area contributed by atoms with Crippen molar-refractivity contribution in [2.75, 3.05) is 26.3 Å². The Hall–Kier alpha value is -2.80. The van der Waals surface area contributed by atoms with Gasteiger partial charge in [0.2, 0.25) is 10.0 Å². The Labute approximate surface area is 209 Å². The fraction of sp³-hybridized carbons (Fsp3) is 0.542. The first-order chi connectivity index (χ1) is 17.2. The second kappa shape index (κ2) is 10.7. The Morgan fingerprint density at radius 1 is 1.25 bits per heavy atom. The zero-order valence-corrected chi connectivity index (χ0v) is 21.6. The first-order valence-corrected chi connectivity index (χ1v) is 13.7. The van der Waals surface area contributed by atoms with Gasteiger partial charge in [-0.05, 0) is 50.3 Å². The number of aromatic amines is 1. The van der Waals surface area contributed by atoms with E-state index < -0.39 is 21.7 Å². The number of H-pyrrole nitrogens is 1. The second-order valence-corrected chi connectivity index (χ2v) is 11.0. The molecule has 1 aliphatic heterocycles. The molecule has 3 heterocycles. The summed E-state index contributed by atoms with van der Waals surface area (Å²) in [5, 5.41) is 23.6. The first-order valence-electron chi connectivity index (χ1n) is 12.2. The van der Waals surface area contributed by atoms with E-state index >= 15 is 0 Å². The largest absolute Gasteiger partial charge is 0.493 e. The van der Waals surface area contributed by atoms with Crippen molar-refractivity contribution in [3.05, 3.63) is 34.2 Å². The predicted molar refractivity (Wildman–Crippen MR) is 134 cm³/mol. The summed E-state index contributed by atoms with van der Waals surface area (Å²) in [5.41, 5.74) is 1.59. The molecule has 36 heavy (non-hydrogen) atoms. The number of aryl methyl sites for hydroxylation is 2. The third-order valence-corrected chi connectivity index (χ3v) is 8.53. The highest BCUT2D eigenvalue weighted by molar-refractivity contribution is 7.89. The molecule has 0 saturated carbocycles. The van der Waals surface area contributed by atoms with E-state index in [0.29, 0.717) is 48.2 Å². The number of aromatic nitrogens is 4. The molecule has 0 amide bonds. The number of nitrogens with one attached hydrogen (secondary N) is 1. The van der Waals surface area contributed by atoms with Crippen molar-refractivity contribution in [1.82, 2.24) is 24.1 Å². The average Bonchev–Trinajstić information content (AvgIpc) is 3.19. The maximum absolute atomic E-state index is 13.5. The van der Waals surface area contributed by atoms with Gasteiger partial charge in [0.15, 0.2) is 5.52 Å². The van der Waals surface area contributed by atoms with Gasteiger partial charge in [-0.2, -0.15) is 14.4 Å². The summed E-state index contributed by atoms with van der Waals surface area (Å²) < 4.78 is 35.6. The molecule has 1 aromatic carbocycles. The highest BCUT2D eigenvalue weighted by Crippen LogP contribution is 2.33. The number of aliphatic hydroxyl groups excluding tert-OH is 2. The van der Waals surface area contributed by atoms with Crippen LogP contribution in [0.25, 0.3) is 22.4 Å². The van der Waals surface area contributed by atoms with E-state index in [0.717, 1.165) is 12.1 Å². The average molecular weight is 520 g/mol. The van der Waals surface area contributed by atoms with Crippen LogP contribution in [0.1, 0.15) is 38.8 Å². The lowest BCUT2D eigenvalue weighted by molar-refractivity contribution is 0.0278. The lowest BCUT2D eigenvalue weighted by Crippen LogP contribution is -2.41. The van der Waals surface area contributed by atoms with Gasteiger partial charge in [0.05, 0.1) is 41.0 Å².